The lowest BCUT2D eigenvalue weighted by Crippen LogP contribution is -2.22. The molecule has 1 heterocycles. The van der Waals surface area contributed by atoms with Gasteiger partial charge in [0, 0.05) is 27.0 Å². The highest BCUT2D eigenvalue weighted by molar-refractivity contribution is 14.1. The molecule has 0 aliphatic heterocycles. The molecule has 0 aliphatic carbocycles. The van der Waals surface area contributed by atoms with Crippen molar-refractivity contribution in [2.24, 2.45) is 0 Å². The standard InChI is InChI=1S/C24H20INO2S/c1-28-24(27)18-7-10-21(11-8-18)26(14-17-5-3-2-4-6-17)15-19-16-29-23-12-9-20(25)13-22(19)23/h2-13,16H,14-15H2,1H3. The first-order valence-electron chi connectivity index (χ1n) is 9.27. The fourth-order valence-electron chi connectivity index (χ4n) is 3.35. The summed E-state index contributed by atoms with van der Waals surface area (Å²) in [5, 5.41) is 3.56. The number of nitrogens with zero attached hydrogens (tertiary/aromatic N) is 1. The van der Waals surface area contributed by atoms with Crippen LogP contribution in [0, 0.1) is 3.57 Å². The summed E-state index contributed by atoms with van der Waals surface area (Å²) in [7, 11) is 1.40. The van der Waals surface area contributed by atoms with Gasteiger partial charge in [0.15, 0.2) is 0 Å². The van der Waals surface area contributed by atoms with Gasteiger partial charge in [0.05, 0.1) is 12.7 Å². The molecule has 0 fully saturated rings. The second kappa shape index (κ2) is 8.97. The summed E-state index contributed by atoms with van der Waals surface area (Å²) >= 11 is 4.15. The summed E-state index contributed by atoms with van der Waals surface area (Å²) in [6.45, 7) is 1.59. The van der Waals surface area contributed by atoms with Crippen LogP contribution in [0.2, 0.25) is 0 Å². The second-order valence-corrected chi connectivity index (χ2v) is 8.94. The molecule has 3 aromatic carbocycles. The van der Waals surface area contributed by atoms with Crippen molar-refractivity contribution in [2.45, 2.75) is 13.1 Å². The zero-order chi connectivity index (χ0) is 20.2. The molecule has 4 aromatic rings. The molecule has 0 unspecified atom stereocenters. The van der Waals surface area contributed by atoms with Crippen LogP contribution < -0.4 is 4.90 Å². The predicted octanol–water partition coefficient (Wildman–Crippen LogP) is 6.50. The van der Waals surface area contributed by atoms with Crippen LogP contribution in [-0.4, -0.2) is 13.1 Å². The second-order valence-electron chi connectivity index (χ2n) is 6.78. The number of rotatable bonds is 6. The Morgan fingerprint density at radius 2 is 1.76 bits per heavy atom. The van der Waals surface area contributed by atoms with Gasteiger partial charge in [-0.1, -0.05) is 30.3 Å². The molecule has 5 heteroatoms. The van der Waals surface area contributed by atoms with E-state index in [0.29, 0.717) is 5.56 Å². The van der Waals surface area contributed by atoms with Crippen molar-refractivity contribution in [1.29, 1.82) is 0 Å². The molecule has 3 nitrogen and oxygen atoms in total. The largest absolute Gasteiger partial charge is 0.465 e. The first kappa shape index (κ1) is 19.9. The fraction of sp³-hybridized carbons (Fsp3) is 0.125. The van der Waals surface area contributed by atoms with Gasteiger partial charge in [0.2, 0.25) is 0 Å². The maximum absolute atomic E-state index is 11.8. The summed E-state index contributed by atoms with van der Waals surface area (Å²) in [5.41, 5.74) is 4.20. The zero-order valence-electron chi connectivity index (χ0n) is 16.0. The number of benzene rings is 3. The monoisotopic (exact) mass is 513 g/mol. The molecule has 0 radical (unpaired) electrons. The van der Waals surface area contributed by atoms with Gasteiger partial charge in [0.25, 0.3) is 0 Å². The SMILES string of the molecule is COC(=O)c1ccc(N(Cc2ccccc2)Cc2csc3ccc(I)cc23)cc1. The van der Waals surface area contributed by atoms with Crippen LogP contribution in [0.4, 0.5) is 5.69 Å². The van der Waals surface area contributed by atoms with Crippen LogP contribution in [-0.2, 0) is 17.8 Å². The first-order chi connectivity index (χ1) is 14.1. The molecule has 146 valence electrons. The Morgan fingerprint density at radius 1 is 1.00 bits per heavy atom. The fourth-order valence-corrected chi connectivity index (χ4v) is 4.78. The summed E-state index contributed by atoms with van der Waals surface area (Å²) in [5.74, 6) is -0.315. The molecule has 1 aromatic heterocycles. The van der Waals surface area contributed by atoms with Crippen LogP contribution in [0.25, 0.3) is 10.1 Å². The Morgan fingerprint density at radius 3 is 2.48 bits per heavy atom. The Labute approximate surface area is 188 Å². The van der Waals surface area contributed by atoms with Crippen LogP contribution in [0.15, 0.2) is 78.2 Å². The van der Waals surface area contributed by atoms with Gasteiger partial charge in [-0.05, 0) is 86.9 Å². The van der Waals surface area contributed by atoms with Crippen molar-refractivity contribution < 1.29 is 9.53 Å². The van der Waals surface area contributed by atoms with Crippen LogP contribution >= 0.6 is 33.9 Å². The smallest absolute Gasteiger partial charge is 0.337 e. The van der Waals surface area contributed by atoms with E-state index >= 15 is 0 Å². The van der Waals surface area contributed by atoms with Crippen molar-refractivity contribution in [3.05, 3.63) is 98.4 Å². The van der Waals surface area contributed by atoms with Crippen molar-refractivity contribution in [1.82, 2.24) is 0 Å². The Bertz CT molecular complexity index is 1120. The van der Waals surface area contributed by atoms with Gasteiger partial charge in [-0.25, -0.2) is 4.79 Å². The van der Waals surface area contributed by atoms with Gasteiger partial charge < -0.3 is 9.64 Å². The topological polar surface area (TPSA) is 29.5 Å². The molecule has 0 N–H and O–H groups in total. The van der Waals surface area contributed by atoms with E-state index in [-0.39, 0.29) is 5.97 Å². The lowest BCUT2D eigenvalue weighted by molar-refractivity contribution is 0.0601. The van der Waals surface area contributed by atoms with Crippen molar-refractivity contribution in [2.75, 3.05) is 12.0 Å². The predicted molar refractivity (Wildman–Crippen MR) is 129 cm³/mol. The number of fused-ring (bicyclic) bond motifs is 1. The zero-order valence-corrected chi connectivity index (χ0v) is 18.9. The third kappa shape index (κ3) is 4.62. The summed E-state index contributed by atoms with van der Waals surface area (Å²) < 4.78 is 7.37. The molecule has 29 heavy (non-hydrogen) atoms. The van der Waals surface area contributed by atoms with E-state index in [1.165, 1.54) is 31.9 Å². The minimum atomic E-state index is -0.315. The van der Waals surface area contributed by atoms with E-state index in [2.05, 4.69) is 75.3 Å². The lowest BCUT2D eigenvalue weighted by atomic mass is 10.1. The molecular formula is C24H20INO2S. The normalized spacial score (nSPS) is 10.8. The van der Waals surface area contributed by atoms with Crippen molar-refractivity contribution >= 4 is 55.7 Å². The van der Waals surface area contributed by atoms with Crippen LogP contribution in [0.5, 0.6) is 0 Å². The van der Waals surface area contributed by atoms with E-state index < -0.39 is 0 Å². The number of halogens is 1. The van der Waals surface area contributed by atoms with Gasteiger partial charge >= 0.3 is 5.97 Å². The molecule has 0 atom stereocenters. The van der Waals surface area contributed by atoms with Crippen LogP contribution in [0.1, 0.15) is 21.5 Å². The number of carbonyl (C=O) groups excluding carboxylic acids is 1. The maximum atomic E-state index is 11.8. The number of anilines is 1. The molecule has 0 saturated heterocycles. The molecule has 4 rings (SSSR count). The van der Waals surface area contributed by atoms with E-state index in [0.717, 1.165) is 18.8 Å². The number of hydrogen-bond acceptors (Lipinski definition) is 4. The number of ether oxygens (including phenoxy) is 1. The highest BCUT2D eigenvalue weighted by atomic mass is 127. The highest BCUT2D eigenvalue weighted by Crippen LogP contribution is 2.30. The molecule has 0 amide bonds. The maximum Gasteiger partial charge on any atom is 0.337 e. The third-order valence-electron chi connectivity index (χ3n) is 4.85. The summed E-state index contributed by atoms with van der Waals surface area (Å²) in [6, 6.07) is 24.7. The Balaban J connectivity index is 1.68. The summed E-state index contributed by atoms with van der Waals surface area (Å²) in [4.78, 5) is 14.1. The number of hydrogen-bond donors (Lipinski definition) is 0. The molecular weight excluding hydrogens is 493 g/mol. The molecule has 0 bridgehead atoms. The van der Waals surface area contributed by atoms with Crippen LogP contribution in [0.3, 0.4) is 0 Å². The molecule has 0 aliphatic rings. The lowest BCUT2D eigenvalue weighted by Gasteiger charge is -2.25. The summed E-state index contributed by atoms with van der Waals surface area (Å²) in [6.07, 6.45) is 0. The number of carbonyl (C=O) groups is 1. The van der Waals surface area contributed by atoms with E-state index in [4.69, 9.17) is 4.74 Å². The van der Waals surface area contributed by atoms with E-state index in [9.17, 15) is 4.79 Å². The van der Waals surface area contributed by atoms with Gasteiger partial charge in [-0.15, -0.1) is 11.3 Å². The minimum absolute atomic E-state index is 0.315. The van der Waals surface area contributed by atoms with Gasteiger partial charge in [-0.3, -0.25) is 0 Å². The van der Waals surface area contributed by atoms with E-state index in [1.54, 1.807) is 11.3 Å². The average molecular weight is 513 g/mol. The Kier molecular flexibility index (Phi) is 6.16. The van der Waals surface area contributed by atoms with E-state index in [1.807, 2.05) is 30.3 Å². The minimum Gasteiger partial charge on any atom is -0.465 e. The van der Waals surface area contributed by atoms with Gasteiger partial charge in [0.1, 0.15) is 0 Å². The first-order valence-corrected chi connectivity index (χ1v) is 11.2. The molecule has 0 spiro atoms. The third-order valence-corrected chi connectivity index (χ3v) is 6.53. The number of methoxy groups -OCH3 is 1. The molecule has 0 saturated carbocycles. The Hall–Kier alpha value is -2.38. The number of esters is 1. The highest BCUT2D eigenvalue weighted by Gasteiger charge is 2.13. The quantitative estimate of drug-likeness (QED) is 0.218. The average Bonchev–Trinajstić information content (AvgIpc) is 3.15. The van der Waals surface area contributed by atoms with Crippen molar-refractivity contribution in [3.63, 3.8) is 0 Å². The number of thiophene rings is 1. The van der Waals surface area contributed by atoms with Crippen molar-refractivity contribution in [3.8, 4) is 0 Å². The van der Waals surface area contributed by atoms with Gasteiger partial charge in [-0.2, -0.15) is 0 Å².